The number of hydrogen-bond acceptors (Lipinski definition) is 6. The molecule has 8 heteroatoms. The molecule has 0 aromatic carbocycles. The fraction of sp³-hybridized carbons (Fsp3) is 0.467. The maximum absolute atomic E-state index is 11.9. The molecular formula is C15H22N2O5S. The summed E-state index contributed by atoms with van der Waals surface area (Å²) in [5.41, 5.74) is 4.27. The van der Waals surface area contributed by atoms with Crippen LogP contribution >= 0.6 is 11.8 Å². The number of carbonyl (C=O) groups is 4. The second-order valence-electron chi connectivity index (χ2n) is 5.20. The van der Waals surface area contributed by atoms with Crippen molar-refractivity contribution in [1.82, 2.24) is 5.32 Å². The lowest BCUT2D eigenvalue weighted by molar-refractivity contribution is -0.396. The van der Waals surface area contributed by atoms with Gasteiger partial charge in [0.2, 0.25) is 5.12 Å². The number of ketones is 1. The second kappa shape index (κ2) is 9.96. The number of nitrogens with one attached hydrogen (secondary N) is 1. The summed E-state index contributed by atoms with van der Waals surface area (Å²) < 4.78 is 0. The molecule has 0 aromatic rings. The monoisotopic (exact) mass is 342 g/mol. The molecule has 2 atom stereocenters. The molecule has 0 saturated heterocycles. The van der Waals surface area contributed by atoms with Crippen LogP contribution in [0.2, 0.25) is 0 Å². The van der Waals surface area contributed by atoms with E-state index >= 15 is 0 Å². The molecule has 0 bridgehead atoms. The van der Waals surface area contributed by atoms with Crippen LogP contribution in [0.5, 0.6) is 0 Å². The van der Waals surface area contributed by atoms with Crippen LogP contribution in [-0.2, 0) is 19.2 Å². The summed E-state index contributed by atoms with van der Waals surface area (Å²) in [4.78, 5) is 45.8. The average Bonchev–Trinajstić information content (AvgIpc) is 2.47. The minimum absolute atomic E-state index is 0.0566. The van der Waals surface area contributed by atoms with Crippen LogP contribution in [-0.4, -0.2) is 40.6 Å². The summed E-state index contributed by atoms with van der Waals surface area (Å²) in [5.74, 6) is -2.28. The van der Waals surface area contributed by atoms with Gasteiger partial charge in [-0.25, -0.2) is 0 Å². The Morgan fingerprint density at radius 1 is 1.17 bits per heavy atom. The third-order valence-corrected chi connectivity index (χ3v) is 4.05. The number of thioether (sulfide) groups is 1. The van der Waals surface area contributed by atoms with Crippen LogP contribution < -0.4 is 16.2 Å². The van der Waals surface area contributed by atoms with Crippen molar-refractivity contribution in [2.75, 3.05) is 5.75 Å². The molecule has 1 amide bonds. The van der Waals surface area contributed by atoms with Crippen LogP contribution in [0, 0.1) is 0 Å². The summed E-state index contributed by atoms with van der Waals surface area (Å²) in [6, 6.07) is -2.11. The first-order valence-electron chi connectivity index (χ1n) is 6.91. The molecule has 0 radical (unpaired) electrons. The molecule has 0 rings (SSSR count). The van der Waals surface area contributed by atoms with E-state index in [2.05, 4.69) is 24.2 Å². The third kappa shape index (κ3) is 8.32. The van der Waals surface area contributed by atoms with E-state index in [1.807, 2.05) is 0 Å². The summed E-state index contributed by atoms with van der Waals surface area (Å²) in [6.45, 7) is 10.0. The molecule has 0 heterocycles. The predicted octanol–water partition coefficient (Wildman–Crippen LogP) is -1.41. The van der Waals surface area contributed by atoms with Crippen molar-refractivity contribution >= 4 is 34.5 Å². The van der Waals surface area contributed by atoms with Crippen molar-refractivity contribution in [2.24, 2.45) is 0 Å². The number of carboxylic acids is 1. The smallest absolute Gasteiger partial charge is 0.279 e. The molecule has 23 heavy (non-hydrogen) atoms. The van der Waals surface area contributed by atoms with Gasteiger partial charge in [0, 0.05) is 6.42 Å². The zero-order valence-electron chi connectivity index (χ0n) is 13.3. The molecule has 0 aliphatic rings. The molecular weight excluding hydrogens is 320 g/mol. The first kappa shape index (κ1) is 21.1. The molecule has 7 nitrogen and oxygen atoms in total. The highest BCUT2D eigenvalue weighted by Crippen LogP contribution is 2.09. The van der Waals surface area contributed by atoms with Crippen molar-refractivity contribution < 1.29 is 30.0 Å². The highest BCUT2D eigenvalue weighted by Gasteiger charge is 2.23. The molecule has 4 N–H and O–H groups in total. The van der Waals surface area contributed by atoms with E-state index in [-0.39, 0.29) is 29.5 Å². The van der Waals surface area contributed by atoms with Gasteiger partial charge in [0.05, 0.1) is 17.8 Å². The van der Waals surface area contributed by atoms with Gasteiger partial charge in [-0.2, -0.15) is 0 Å². The van der Waals surface area contributed by atoms with Gasteiger partial charge in [-0.1, -0.05) is 24.9 Å². The minimum Gasteiger partial charge on any atom is -0.548 e. The Hall–Kier alpha value is -1.93. The van der Waals surface area contributed by atoms with E-state index in [0.717, 1.165) is 11.8 Å². The lowest BCUT2D eigenvalue weighted by Crippen LogP contribution is -2.70. The van der Waals surface area contributed by atoms with E-state index in [1.54, 1.807) is 6.92 Å². The number of rotatable bonds is 10. The first-order chi connectivity index (χ1) is 10.6. The Kier molecular flexibility index (Phi) is 9.12. The lowest BCUT2D eigenvalue weighted by Gasteiger charge is -2.20. The maximum atomic E-state index is 11.9. The molecule has 0 unspecified atom stereocenters. The Bertz CT molecular complexity index is 530. The Morgan fingerprint density at radius 2 is 1.74 bits per heavy atom. The first-order valence-corrected chi connectivity index (χ1v) is 7.90. The number of carboxylic acid groups (broad SMARTS) is 1. The minimum atomic E-state index is -1.48. The molecule has 128 valence electrons. The van der Waals surface area contributed by atoms with Crippen molar-refractivity contribution in [1.29, 1.82) is 0 Å². The van der Waals surface area contributed by atoms with Crippen molar-refractivity contribution in [2.45, 2.75) is 38.8 Å². The number of quaternary nitrogens is 1. The van der Waals surface area contributed by atoms with Crippen LogP contribution in [0.15, 0.2) is 24.3 Å². The number of amides is 1. The van der Waals surface area contributed by atoms with Gasteiger partial charge in [-0.3, -0.25) is 14.4 Å². The average molecular weight is 342 g/mol. The van der Waals surface area contributed by atoms with Gasteiger partial charge in [0.15, 0.2) is 11.8 Å². The van der Waals surface area contributed by atoms with Gasteiger partial charge in [-0.05, 0) is 31.4 Å². The molecule has 0 saturated carbocycles. The summed E-state index contributed by atoms with van der Waals surface area (Å²) in [6.07, 6.45) is -0.150. The predicted molar refractivity (Wildman–Crippen MR) is 84.9 cm³/mol. The summed E-state index contributed by atoms with van der Waals surface area (Å²) in [5, 5.41) is 13.1. The van der Waals surface area contributed by atoms with Crippen molar-refractivity contribution in [3.63, 3.8) is 0 Å². The Labute approximate surface area is 139 Å². The molecule has 0 aliphatic heterocycles. The van der Waals surface area contributed by atoms with E-state index in [4.69, 9.17) is 0 Å². The van der Waals surface area contributed by atoms with Crippen LogP contribution in [0.1, 0.15) is 26.7 Å². The standard InChI is InChI=1S/C15H22N2O5S/c1-8(2)12(18)6-5-11(14(20)21)17-13(19)10(16)7-23-15(22)9(3)4/h10-11H,1,3,5-7,16H2,2,4H3,(H,17,19)(H,20,21)/t10-,11-/m0/s1. The maximum Gasteiger partial charge on any atom is 0.279 e. The molecule has 0 spiro atoms. The van der Waals surface area contributed by atoms with E-state index in [1.165, 1.54) is 6.92 Å². The fourth-order valence-corrected chi connectivity index (χ4v) is 2.15. The lowest BCUT2D eigenvalue weighted by atomic mass is 10.1. The SMILES string of the molecule is C=C(C)C(=O)CC[C@H](NC(=O)[C@@H]([NH3+])CSC(=O)C(=C)C)C(=O)[O-]. The number of Topliss-reactive ketones (excluding diaryl/α,β-unsaturated/α-hetero) is 1. The Morgan fingerprint density at radius 3 is 2.17 bits per heavy atom. The fourth-order valence-electron chi connectivity index (χ4n) is 1.40. The van der Waals surface area contributed by atoms with Gasteiger partial charge in [-0.15, -0.1) is 0 Å². The second-order valence-corrected chi connectivity index (χ2v) is 6.19. The zero-order chi connectivity index (χ0) is 18.2. The number of carbonyl (C=O) groups excluding carboxylic acids is 4. The van der Waals surface area contributed by atoms with Crippen LogP contribution in [0.4, 0.5) is 0 Å². The largest absolute Gasteiger partial charge is 0.548 e. The molecule has 0 aromatic heterocycles. The van der Waals surface area contributed by atoms with Gasteiger partial charge in [0.25, 0.3) is 5.91 Å². The zero-order valence-corrected chi connectivity index (χ0v) is 14.2. The van der Waals surface area contributed by atoms with Crippen LogP contribution in [0.25, 0.3) is 0 Å². The number of allylic oxidation sites excluding steroid dienone is 1. The number of aliphatic carboxylic acids is 1. The number of hydrogen-bond donors (Lipinski definition) is 2. The highest BCUT2D eigenvalue weighted by molar-refractivity contribution is 8.14. The third-order valence-electron chi connectivity index (χ3n) is 2.87. The normalized spacial score (nSPS) is 12.8. The van der Waals surface area contributed by atoms with Crippen molar-refractivity contribution in [3.05, 3.63) is 24.3 Å². The topological polar surface area (TPSA) is 131 Å². The summed E-state index contributed by atoms with van der Waals surface area (Å²) >= 11 is 0.888. The molecule has 0 aliphatic carbocycles. The van der Waals surface area contributed by atoms with Gasteiger partial charge >= 0.3 is 0 Å². The summed E-state index contributed by atoms with van der Waals surface area (Å²) in [7, 11) is 0. The quantitative estimate of drug-likeness (QED) is 0.469. The van der Waals surface area contributed by atoms with E-state index in [0.29, 0.717) is 11.1 Å². The van der Waals surface area contributed by atoms with Gasteiger partial charge < -0.3 is 21.0 Å². The van der Waals surface area contributed by atoms with E-state index < -0.39 is 24.0 Å². The van der Waals surface area contributed by atoms with E-state index in [9.17, 15) is 24.3 Å². The molecule has 0 fully saturated rings. The highest BCUT2D eigenvalue weighted by atomic mass is 32.2. The van der Waals surface area contributed by atoms with Crippen LogP contribution in [0.3, 0.4) is 0 Å². The van der Waals surface area contributed by atoms with Crippen molar-refractivity contribution in [3.8, 4) is 0 Å². The Balaban J connectivity index is 4.51. The van der Waals surface area contributed by atoms with Gasteiger partial charge in [0.1, 0.15) is 0 Å².